The number of para-hydroxylation sites is 1. The molecule has 2 rings (SSSR count). The lowest BCUT2D eigenvalue weighted by molar-refractivity contribution is 0.0697. The number of pyridine rings is 1. The van der Waals surface area contributed by atoms with Crippen LogP contribution in [0.15, 0.2) is 42.1 Å². The molecule has 2 N–H and O–H groups in total. The molecule has 0 fully saturated rings. The van der Waals surface area contributed by atoms with Crippen LogP contribution < -0.4 is 5.32 Å². The molecule has 1 heterocycles. The number of hydrogen-bond donors (Lipinski definition) is 2. The number of carboxylic acids is 1. The molecular weight excluding hydrogens is 240 g/mol. The van der Waals surface area contributed by atoms with Crippen molar-refractivity contribution >= 4 is 22.6 Å². The van der Waals surface area contributed by atoms with Crippen LogP contribution in [0.1, 0.15) is 24.2 Å². The second kappa shape index (κ2) is 5.52. The lowest BCUT2D eigenvalue weighted by Crippen LogP contribution is -2.08. The Bertz CT molecular complexity index is 644. The van der Waals surface area contributed by atoms with Gasteiger partial charge in [0.15, 0.2) is 0 Å². The van der Waals surface area contributed by atoms with Gasteiger partial charge >= 0.3 is 5.97 Å². The summed E-state index contributed by atoms with van der Waals surface area (Å²) in [5.41, 5.74) is 2.78. The predicted octanol–water partition coefficient (Wildman–Crippen LogP) is 3.31. The van der Waals surface area contributed by atoms with Crippen LogP contribution in [0, 0.1) is 0 Å². The Labute approximate surface area is 111 Å². The average Bonchev–Trinajstić information content (AvgIpc) is 2.38. The number of benzene rings is 1. The molecule has 1 aromatic carbocycles. The van der Waals surface area contributed by atoms with Crippen molar-refractivity contribution < 1.29 is 9.90 Å². The van der Waals surface area contributed by atoms with Crippen molar-refractivity contribution in [3.63, 3.8) is 0 Å². The molecule has 0 saturated heterocycles. The molecule has 4 heteroatoms. The number of hydrogen-bond acceptors (Lipinski definition) is 3. The summed E-state index contributed by atoms with van der Waals surface area (Å²) >= 11 is 0. The van der Waals surface area contributed by atoms with Crippen molar-refractivity contribution in [2.24, 2.45) is 0 Å². The predicted molar refractivity (Wildman–Crippen MR) is 76.6 cm³/mol. The second-order valence-electron chi connectivity index (χ2n) is 4.53. The monoisotopic (exact) mass is 256 g/mol. The van der Waals surface area contributed by atoms with Gasteiger partial charge < -0.3 is 10.4 Å². The molecule has 0 bridgehead atoms. The molecule has 0 aliphatic heterocycles. The summed E-state index contributed by atoms with van der Waals surface area (Å²) in [5.74, 6) is -0.974. The van der Waals surface area contributed by atoms with E-state index < -0.39 is 5.97 Å². The van der Waals surface area contributed by atoms with E-state index in [1.165, 1.54) is 11.8 Å². The molecule has 98 valence electrons. The number of rotatable bonds is 4. The first kappa shape index (κ1) is 13.1. The molecule has 0 aliphatic rings. The summed E-state index contributed by atoms with van der Waals surface area (Å²) in [6.45, 7) is 4.60. The summed E-state index contributed by atoms with van der Waals surface area (Å²) in [7, 11) is 0. The van der Waals surface area contributed by atoms with Crippen molar-refractivity contribution in [1.82, 2.24) is 4.98 Å². The van der Waals surface area contributed by atoms with Crippen LogP contribution in [-0.4, -0.2) is 22.6 Å². The number of aromatic nitrogens is 1. The fourth-order valence-electron chi connectivity index (χ4n) is 1.85. The normalized spacial score (nSPS) is 10.2. The summed E-state index contributed by atoms with van der Waals surface area (Å²) < 4.78 is 0. The van der Waals surface area contributed by atoms with Crippen molar-refractivity contribution in [3.8, 4) is 0 Å². The lowest BCUT2D eigenvalue weighted by atomic mass is 10.1. The molecular formula is C15H16N2O2. The molecule has 2 aromatic rings. The smallest absolute Gasteiger partial charge is 0.339 e. The number of aromatic carboxylic acids is 1. The van der Waals surface area contributed by atoms with Crippen molar-refractivity contribution in [2.45, 2.75) is 13.8 Å². The Morgan fingerprint density at radius 2 is 2.11 bits per heavy atom. The highest BCUT2D eigenvalue weighted by Crippen LogP contribution is 2.25. The van der Waals surface area contributed by atoms with E-state index >= 15 is 0 Å². The third-order valence-corrected chi connectivity index (χ3v) is 2.80. The molecule has 0 atom stereocenters. The number of carboxylic acid groups (broad SMARTS) is 1. The van der Waals surface area contributed by atoms with Crippen molar-refractivity contribution in [3.05, 3.63) is 47.7 Å². The Hall–Kier alpha value is -2.36. The molecule has 0 spiro atoms. The minimum atomic E-state index is -0.974. The molecule has 0 aliphatic carbocycles. The van der Waals surface area contributed by atoms with E-state index in [1.54, 1.807) is 0 Å². The van der Waals surface area contributed by atoms with Crippen molar-refractivity contribution in [2.75, 3.05) is 11.9 Å². The summed E-state index contributed by atoms with van der Waals surface area (Å²) in [4.78, 5) is 15.4. The Balaban J connectivity index is 2.49. The topological polar surface area (TPSA) is 62.2 Å². The van der Waals surface area contributed by atoms with Gasteiger partial charge in [-0.15, -0.1) is 0 Å². The maximum absolute atomic E-state index is 11.3. The minimum Gasteiger partial charge on any atom is -0.478 e. The first-order valence-electron chi connectivity index (χ1n) is 6.08. The third-order valence-electron chi connectivity index (χ3n) is 2.80. The Morgan fingerprint density at radius 1 is 1.37 bits per heavy atom. The Morgan fingerprint density at radius 3 is 2.79 bits per heavy atom. The van der Waals surface area contributed by atoms with Gasteiger partial charge in [0.05, 0.1) is 11.2 Å². The fourth-order valence-corrected chi connectivity index (χ4v) is 1.85. The zero-order valence-corrected chi connectivity index (χ0v) is 11.0. The van der Waals surface area contributed by atoms with Gasteiger partial charge in [0, 0.05) is 18.1 Å². The van der Waals surface area contributed by atoms with Crippen LogP contribution >= 0.6 is 0 Å². The zero-order valence-electron chi connectivity index (χ0n) is 11.0. The molecule has 0 unspecified atom stereocenters. The SMILES string of the molecule is CC(C)=CCNc1c(C(=O)O)cnc2ccccc12. The van der Waals surface area contributed by atoms with Crippen LogP contribution in [0.4, 0.5) is 5.69 Å². The van der Waals surface area contributed by atoms with Crippen LogP contribution in [0.3, 0.4) is 0 Å². The van der Waals surface area contributed by atoms with Crippen LogP contribution in [0.5, 0.6) is 0 Å². The van der Waals surface area contributed by atoms with Gasteiger partial charge in [-0.2, -0.15) is 0 Å². The van der Waals surface area contributed by atoms with Gasteiger partial charge in [-0.3, -0.25) is 4.98 Å². The summed E-state index contributed by atoms with van der Waals surface area (Å²) in [6, 6.07) is 7.50. The van der Waals surface area contributed by atoms with E-state index in [4.69, 9.17) is 0 Å². The fraction of sp³-hybridized carbons (Fsp3) is 0.200. The zero-order chi connectivity index (χ0) is 13.8. The van der Waals surface area contributed by atoms with Crippen molar-refractivity contribution in [1.29, 1.82) is 0 Å². The number of anilines is 1. The van der Waals surface area contributed by atoms with Gasteiger partial charge in [-0.05, 0) is 19.9 Å². The number of nitrogens with zero attached hydrogens (tertiary/aromatic N) is 1. The minimum absolute atomic E-state index is 0.195. The van der Waals surface area contributed by atoms with E-state index in [1.807, 2.05) is 44.2 Å². The Kier molecular flexibility index (Phi) is 3.80. The van der Waals surface area contributed by atoms with Gasteiger partial charge in [0.2, 0.25) is 0 Å². The first-order valence-corrected chi connectivity index (χ1v) is 6.08. The second-order valence-corrected chi connectivity index (χ2v) is 4.53. The van der Waals surface area contributed by atoms with Crippen LogP contribution in [0.25, 0.3) is 10.9 Å². The van der Waals surface area contributed by atoms with E-state index in [2.05, 4.69) is 10.3 Å². The standard InChI is InChI=1S/C15H16N2O2/c1-10(2)7-8-16-14-11-5-3-4-6-13(11)17-9-12(14)15(18)19/h3-7,9H,8H2,1-2H3,(H,16,17)(H,18,19). The highest BCUT2D eigenvalue weighted by Gasteiger charge is 2.13. The van der Waals surface area contributed by atoms with Gasteiger partial charge in [-0.25, -0.2) is 4.79 Å². The molecule has 0 amide bonds. The summed E-state index contributed by atoms with van der Waals surface area (Å²) in [5, 5.41) is 13.2. The lowest BCUT2D eigenvalue weighted by Gasteiger charge is -2.11. The van der Waals surface area contributed by atoms with Crippen LogP contribution in [0.2, 0.25) is 0 Å². The quantitative estimate of drug-likeness (QED) is 0.824. The highest BCUT2D eigenvalue weighted by atomic mass is 16.4. The van der Waals surface area contributed by atoms with Gasteiger partial charge in [-0.1, -0.05) is 29.8 Å². The van der Waals surface area contributed by atoms with Crippen LogP contribution in [-0.2, 0) is 0 Å². The molecule has 0 saturated carbocycles. The maximum Gasteiger partial charge on any atom is 0.339 e. The third kappa shape index (κ3) is 2.91. The van der Waals surface area contributed by atoms with Gasteiger partial charge in [0.25, 0.3) is 0 Å². The van der Waals surface area contributed by atoms with E-state index in [0.29, 0.717) is 12.2 Å². The largest absolute Gasteiger partial charge is 0.478 e. The molecule has 4 nitrogen and oxygen atoms in total. The number of nitrogens with one attached hydrogen (secondary N) is 1. The molecule has 1 aromatic heterocycles. The van der Waals surface area contributed by atoms with Gasteiger partial charge in [0.1, 0.15) is 5.56 Å². The number of fused-ring (bicyclic) bond motifs is 1. The number of allylic oxidation sites excluding steroid dienone is 1. The van der Waals surface area contributed by atoms with E-state index in [9.17, 15) is 9.90 Å². The van der Waals surface area contributed by atoms with E-state index in [-0.39, 0.29) is 5.56 Å². The highest BCUT2D eigenvalue weighted by molar-refractivity contribution is 6.04. The average molecular weight is 256 g/mol. The molecule has 19 heavy (non-hydrogen) atoms. The molecule has 0 radical (unpaired) electrons. The number of carbonyl (C=O) groups is 1. The van der Waals surface area contributed by atoms with E-state index in [0.717, 1.165) is 10.9 Å². The first-order chi connectivity index (χ1) is 9.09. The maximum atomic E-state index is 11.3. The summed E-state index contributed by atoms with van der Waals surface area (Å²) in [6.07, 6.45) is 3.41.